The molecule has 0 unspecified atom stereocenters. The van der Waals surface area contributed by atoms with Gasteiger partial charge in [-0.05, 0) is 48.9 Å². The molecule has 26 heavy (non-hydrogen) atoms. The second-order valence-electron chi connectivity index (χ2n) is 6.86. The topological polar surface area (TPSA) is 64.0 Å². The zero-order chi connectivity index (χ0) is 18.1. The van der Waals surface area contributed by atoms with Crippen LogP contribution in [0.4, 0.5) is 0 Å². The SMILES string of the molecule is Cc1cccc2c(=O)n(CC(=O)N[C@H]3CCCc4ccccc43)cnc12. The van der Waals surface area contributed by atoms with Crippen molar-refractivity contribution in [2.45, 2.75) is 38.8 Å². The molecule has 0 fully saturated rings. The molecule has 1 aromatic heterocycles. The number of benzene rings is 2. The zero-order valence-corrected chi connectivity index (χ0v) is 14.7. The number of para-hydroxylation sites is 1. The Labute approximate surface area is 151 Å². The fraction of sp³-hybridized carbons (Fsp3) is 0.286. The summed E-state index contributed by atoms with van der Waals surface area (Å²) in [6.45, 7) is 1.90. The van der Waals surface area contributed by atoms with E-state index in [1.165, 1.54) is 22.0 Å². The molecule has 5 nitrogen and oxygen atoms in total. The van der Waals surface area contributed by atoms with Crippen LogP contribution < -0.4 is 10.9 Å². The van der Waals surface area contributed by atoms with Crippen LogP contribution in [-0.4, -0.2) is 15.5 Å². The first-order valence-corrected chi connectivity index (χ1v) is 8.95. The molecule has 0 saturated carbocycles. The normalized spacial score (nSPS) is 16.3. The van der Waals surface area contributed by atoms with Gasteiger partial charge in [-0.25, -0.2) is 4.98 Å². The van der Waals surface area contributed by atoms with Gasteiger partial charge in [-0.3, -0.25) is 14.2 Å². The minimum Gasteiger partial charge on any atom is -0.348 e. The Morgan fingerprint density at radius 2 is 2.08 bits per heavy atom. The van der Waals surface area contributed by atoms with Crippen molar-refractivity contribution in [2.24, 2.45) is 0 Å². The van der Waals surface area contributed by atoms with E-state index < -0.39 is 0 Å². The Bertz CT molecular complexity index is 1040. The van der Waals surface area contributed by atoms with Crippen molar-refractivity contribution >= 4 is 16.8 Å². The molecular weight excluding hydrogens is 326 g/mol. The van der Waals surface area contributed by atoms with Crippen molar-refractivity contribution in [3.05, 3.63) is 75.8 Å². The van der Waals surface area contributed by atoms with Crippen LogP contribution >= 0.6 is 0 Å². The van der Waals surface area contributed by atoms with Crippen LogP contribution in [0.3, 0.4) is 0 Å². The average Bonchev–Trinajstić information content (AvgIpc) is 2.65. The number of carbonyl (C=O) groups excluding carboxylic acids is 1. The van der Waals surface area contributed by atoms with E-state index >= 15 is 0 Å². The fourth-order valence-corrected chi connectivity index (χ4v) is 3.75. The van der Waals surface area contributed by atoms with Gasteiger partial charge in [-0.15, -0.1) is 0 Å². The molecule has 3 aromatic rings. The first kappa shape index (κ1) is 16.5. The third-order valence-electron chi connectivity index (χ3n) is 5.07. The van der Waals surface area contributed by atoms with Gasteiger partial charge in [0.05, 0.1) is 23.3 Å². The van der Waals surface area contributed by atoms with Gasteiger partial charge < -0.3 is 5.32 Å². The number of nitrogens with one attached hydrogen (secondary N) is 1. The molecule has 1 atom stereocenters. The van der Waals surface area contributed by atoms with Crippen molar-refractivity contribution in [3.8, 4) is 0 Å². The number of amides is 1. The summed E-state index contributed by atoms with van der Waals surface area (Å²) in [4.78, 5) is 29.6. The molecular formula is C21H21N3O2. The van der Waals surface area contributed by atoms with Crippen molar-refractivity contribution < 1.29 is 4.79 Å². The van der Waals surface area contributed by atoms with Gasteiger partial charge in [-0.1, -0.05) is 36.4 Å². The summed E-state index contributed by atoms with van der Waals surface area (Å²) in [6, 6.07) is 13.8. The van der Waals surface area contributed by atoms with Crippen LogP contribution in [0.1, 0.15) is 35.6 Å². The van der Waals surface area contributed by atoms with Crippen LogP contribution in [0, 0.1) is 6.92 Å². The van der Waals surface area contributed by atoms with Gasteiger partial charge in [0.15, 0.2) is 0 Å². The van der Waals surface area contributed by atoms with Crippen LogP contribution in [0.15, 0.2) is 53.6 Å². The summed E-state index contributed by atoms with van der Waals surface area (Å²) in [5, 5.41) is 3.63. The second-order valence-corrected chi connectivity index (χ2v) is 6.86. The van der Waals surface area contributed by atoms with Gasteiger partial charge in [0, 0.05) is 0 Å². The maximum Gasteiger partial charge on any atom is 0.261 e. The molecule has 1 heterocycles. The molecule has 1 aliphatic carbocycles. The van der Waals surface area contributed by atoms with Crippen molar-refractivity contribution in [2.75, 3.05) is 0 Å². The van der Waals surface area contributed by atoms with Crippen LogP contribution in [-0.2, 0) is 17.8 Å². The largest absolute Gasteiger partial charge is 0.348 e. The molecule has 4 rings (SSSR count). The van der Waals surface area contributed by atoms with E-state index in [2.05, 4.69) is 22.4 Å². The number of rotatable bonds is 3. The van der Waals surface area contributed by atoms with Gasteiger partial charge in [0.2, 0.25) is 5.91 Å². The van der Waals surface area contributed by atoms with Crippen LogP contribution in [0.2, 0.25) is 0 Å². The Morgan fingerprint density at radius 1 is 1.23 bits per heavy atom. The number of nitrogens with zero attached hydrogens (tertiary/aromatic N) is 2. The van der Waals surface area contributed by atoms with E-state index in [1.54, 1.807) is 6.07 Å². The maximum absolute atomic E-state index is 12.6. The van der Waals surface area contributed by atoms with Gasteiger partial charge >= 0.3 is 0 Å². The van der Waals surface area contributed by atoms with Crippen molar-refractivity contribution in [1.29, 1.82) is 0 Å². The fourth-order valence-electron chi connectivity index (χ4n) is 3.75. The lowest BCUT2D eigenvalue weighted by atomic mass is 9.88. The number of fused-ring (bicyclic) bond motifs is 2. The standard InChI is InChI=1S/C21H21N3O2/c1-14-6-4-10-17-20(14)22-13-24(21(17)26)12-19(25)23-18-11-5-8-15-7-2-3-9-16(15)18/h2-4,6-7,9-10,13,18H,5,8,11-12H2,1H3,(H,23,25)/t18-/m0/s1. The molecule has 0 bridgehead atoms. The molecule has 1 amide bonds. The van der Waals surface area contributed by atoms with E-state index in [9.17, 15) is 9.59 Å². The summed E-state index contributed by atoms with van der Waals surface area (Å²) in [6.07, 6.45) is 4.49. The molecule has 2 aromatic carbocycles. The first-order chi connectivity index (χ1) is 12.6. The van der Waals surface area contributed by atoms with Crippen LogP contribution in [0.25, 0.3) is 10.9 Å². The number of hydrogen-bond donors (Lipinski definition) is 1. The summed E-state index contributed by atoms with van der Waals surface area (Å²) >= 11 is 0. The quantitative estimate of drug-likeness (QED) is 0.792. The highest BCUT2D eigenvalue weighted by Gasteiger charge is 2.21. The van der Waals surface area contributed by atoms with E-state index in [1.807, 2.05) is 31.2 Å². The molecule has 0 spiro atoms. The van der Waals surface area contributed by atoms with Gasteiger partial charge in [0.1, 0.15) is 6.54 Å². The zero-order valence-electron chi connectivity index (χ0n) is 14.7. The minimum atomic E-state index is -0.183. The Morgan fingerprint density at radius 3 is 2.96 bits per heavy atom. The molecule has 0 saturated heterocycles. The summed E-state index contributed by atoms with van der Waals surface area (Å²) in [7, 11) is 0. The number of hydrogen-bond acceptors (Lipinski definition) is 3. The summed E-state index contributed by atoms with van der Waals surface area (Å²) in [5.41, 5.74) is 3.94. The van der Waals surface area contributed by atoms with Crippen LogP contribution in [0.5, 0.6) is 0 Å². The highest BCUT2D eigenvalue weighted by Crippen LogP contribution is 2.29. The number of carbonyl (C=O) groups is 1. The smallest absolute Gasteiger partial charge is 0.261 e. The lowest BCUT2D eigenvalue weighted by molar-refractivity contribution is -0.122. The second kappa shape index (κ2) is 6.75. The molecule has 0 aliphatic heterocycles. The van der Waals surface area contributed by atoms with Gasteiger partial charge in [-0.2, -0.15) is 0 Å². The predicted molar refractivity (Wildman–Crippen MR) is 101 cm³/mol. The van der Waals surface area contributed by atoms with E-state index in [-0.39, 0.29) is 24.1 Å². The minimum absolute atomic E-state index is 0.0128. The first-order valence-electron chi connectivity index (χ1n) is 8.95. The van der Waals surface area contributed by atoms with Crippen molar-refractivity contribution in [3.63, 3.8) is 0 Å². The predicted octanol–water partition coefficient (Wildman–Crippen LogP) is 2.90. The van der Waals surface area contributed by atoms with E-state index in [0.29, 0.717) is 10.9 Å². The highest BCUT2D eigenvalue weighted by atomic mass is 16.2. The summed E-state index contributed by atoms with van der Waals surface area (Å²) < 4.78 is 1.38. The maximum atomic E-state index is 12.6. The Kier molecular flexibility index (Phi) is 4.29. The Hall–Kier alpha value is -2.95. The van der Waals surface area contributed by atoms with Crippen molar-refractivity contribution in [1.82, 2.24) is 14.9 Å². The summed E-state index contributed by atoms with van der Waals surface area (Å²) in [5.74, 6) is -0.164. The molecule has 132 valence electrons. The lowest BCUT2D eigenvalue weighted by Gasteiger charge is -2.26. The average molecular weight is 347 g/mol. The third kappa shape index (κ3) is 3.01. The monoisotopic (exact) mass is 347 g/mol. The number of aromatic nitrogens is 2. The number of aryl methyl sites for hydroxylation is 2. The van der Waals surface area contributed by atoms with E-state index in [0.717, 1.165) is 24.8 Å². The molecule has 5 heteroatoms. The Balaban J connectivity index is 1.55. The molecule has 1 N–H and O–H groups in total. The third-order valence-corrected chi connectivity index (χ3v) is 5.07. The molecule has 1 aliphatic rings. The van der Waals surface area contributed by atoms with Gasteiger partial charge in [0.25, 0.3) is 5.56 Å². The lowest BCUT2D eigenvalue weighted by Crippen LogP contribution is -2.36. The molecule has 0 radical (unpaired) electrons. The highest BCUT2D eigenvalue weighted by molar-refractivity contribution is 5.81. The van der Waals surface area contributed by atoms with E-state index in [4.69, 9.17) is 0 Å².